The lowest BCUT2D eigenvalue weighted by Crippen LogP contribution is -1.73. The van der Waals surface area contributed by atoms with Gasteiger partial charge in [-0.25, -0.2) is 0 Å². The van der Waals surface area contributed by atoms with Crippen molar-refractivity contribution in [2.45, 2.75) is 221 Å². The average molecular weight is 513 g/mol. The van der Waals surface area contributed by atoms with Crippen LogP contribution in [0.1, 0.15) is 221 Å². The van der Waals surface area contributed by atoms with Crippen LogP contribution in [0.4, 0.5) is 0 Å². The smallest absolute Gasteiger partial charge is 0.0402 e. The van der Waals surface area contributed by atoms with Crippen LogP contribution >= 0.6 is 0 Å². The van der Waals surface area contributed by atoms with Gasteiger partial charge in [0.1, 0.15) is 0 Å². The second-order valence-electron chi connectivity index (χ2n) is 6.44. The van der Waals surface area contributed by atoms with Crippen molar-refractivity contribution in [3.05, 3.63) is 0 Å². The Morgan fingerprint density at radius 3 is 0.457 bits per heavy atom. The highest BCUT2D eigenvalue weighted by Gasteiger charge is 1.83. The Kier molecular flexibility index (Phi) is 305. The summed E-state index contributed by atoms with van der Waals surface area (Å²) in [6.07, 6.45) is 19.3. The molecule has 0 rings (SSSR count). The fourth-order valence-electron chi connectivity index (χ4n) is 1.35. The molecule has 1 N–H and O–H groups in total. The Morgan fingerprint density at radius 2 is 0.371 bits per heavy atom. The molecule has 0 atom stereocenters. The lowest BCUT2D eigenvalue weighted by molar-refractivity contribution is 0.318. The van der Waals surface area contributed by atoms with Gasteiger partial charge in [-0.1, -0.05) is 215 Å². The first-order chi connectivity index (χ1) is 17.1. The van der Waals surface area contributed by atoms with Crippen molar-refractivity contribution in [2.24, 2.45) is 0 Å². The van der Waals surface area contributed by atoms with Gasteiger partial charge in [-0.05, 0) is 6.92 Å². The highest BCUT2D eigenvalue weighted by Crippen LogP contribution is 2.03. The van der Waals surface area contributed by atoms with Crippen LogP contribution in [0.3, 0.4) is 0 Å². The monoisotopic (exact) mass is 513 g/mol. The number of aliphatic hydroxyl groups excluding tert-OH is 1. The minimum atomic E-state index is 0.250. The van der Waals surface area contributed by atoms with Gasteiger partial charge in [0, 0.05) is 6.61 Å². The van der Waals surface area contributed by atoms with E-state index in [9.17, 15) is 0 Å². The van der Waals surface area contributed by atoms with Crippen LogP contribution in [0.2, 0.25) is 0 Å². The fraction of sp³-hybridized carbons (Fsp3) is 1.00. The topological polar surface area (TPSA) is 20.2 Å². The molecule has 0 aliphatic rings. The van der Waals surface area contributed by atoms with E-state index < -0.39 is 0 Å². The van der Waals surface area contributed by atoms with Crippen molar-refractivity contribution in [1.82, 2.24) is 0 Å². The minimum Gasteiger partial charge on any atom is -0.397 e. The molecular formula is C34H88O. The molecule has 0 amide bonds. The van der Waals surface area contributed by atoms with Gasteiger partial charge in [0.15, 0.2) is 0 Å². The summed E-state index contributed by atoms with van der Waals surface area (Å²) in [6, 6.07) is 0. The van der Waals surface area contributed by atoms with Gasteiger partial charge in [-0.3, -0.25) is 0 Å². The number of hydrogen-bond donors (Lipinski definition) is 1. The Labute approximate surface area is 233 Å². The van der Waals surface area contributed by atoms with Gasteiger partial charge in [0.05, 0.1) is 0 Å². The highest BCUT2D eigenvalue weighted by molar-refractivity contribution is 4.39. The van der Waals surface area contributed by atoms with Crippen LogP contribution in [0.25, 0.3) is 0 Å². The largest absolute Gasteiger partial charge is 0.397 e. The zero-order chi connectivity index (χ0) is 30.6. The maximum Gasteiger partial charge on any atom is 0.0402 e. The predicted molar refractivity (Wildman–Crippen MR) is 180 cm³/mol. The molecule has 0 radical (unpaired) electrons. The molecule has 0 saturated carbocycles. The third kappa shape index (κ3) is 350. The zero-order valence-electron chi connectivity index (χ0n) is 30.1. The number of unbranched alkanes of at least 4 members (excludes halogenated alkanes) is 10. The van der Waals surface area contributed by atoms with Gasteiger partial charge in [0.25, 0.3) is 0 Å². The van der Waals surface area contributed by atoms with Crippen LogP contribution in [0, 0.1) is 0 Å². The molecule has 35 heavy (non-hydrogen) atoms. The van der Waals surface area contributed by atoms with E-state index in [-0.39, 0.29) is 6.61 Å². The molecule has 0 aromatic rings. The molecule has 0 aromatic heterocycles. The maximum atomic E-state index is 7.57. The van der Waals surface area contributed by atoms with Crippen molar-refractivity contribution >= 4 is 0 Å². The summed E-state index contributed by atoms with van der Waals surface area (Å²) in [6.45, 7) is 39.6. The molecule has 0 heterocycles. The summed E-state index contributed by atoms with van der Waals surface area (Å²) in [7, 11) is 0. The summed E-state index contributed by atoms with van der Waals surface area (Å²) in [4.78, 5) is 0. The quantitative estimate of drug-likeness (QED) is 0.288. The van der Waals surface area contributed by atoms with E-state index >= 15 is 0 Å². The Hall–Kier alpha value is -0.0400. The summed E-state index contributed by atoms with van der Waals surface area (Å²) >= 11 is 0. The summed E-state index contributed by atoms with van der Waals surface area (Å²) in [5.74, 6) is 0. The van der Waals surface area contributed by atoms with E-state index in [1.165, 1.54) is 89.9 Å². The zero-order valence-corrected chi connectivity index (χ0v) is 30.1. The van der Waals surface area contributed by atoms with E-state index in [0.29, 0.717) is 0 Å². The molecule has 0 spiro atoms. The molecule has 1 heteroatoms. The molecule has 0 aliphatic carbocycles. The lowest BCUT2D eigenvalue weighted by Gasteiger charge is -1.93. The summed E-state index contributed by atoms with van der Waals surface area (Å²) in [5, 5.41) is 7.57. The predicted octanol–water partition coefficient (Wildman–Crippen LogP) is 14.7. The Bertz CT molecular complexity index is 106. The molecule has 230 valence electrons. The third-order valence-electron chi connectivity index (χ3n) is 3.41. The average Bonchev–Trinajstić information content (AvgIpc) is 2.96. The van der Waals surface area contributed by atoms with Crippen molar-refractivity contribution in [2.75, 3.05) is 6.61 Å². The SMILES string of the molecule is CC.CC.CC.CC.CC.CCCC.CCCC.CCCCCC.CCCCCCCC.CCO. The molecular weight excluding hydrogens is 424 g/mol. The normalized spacial score (nSPS) is 6.86. The van der Waals surface area contributed by atoms with Crippen molar-refractivity contribution in [3.63, 3.8) is 0 Å². The van der Waals surface area contributed by atoms with Gasteiger partial charge >= 0.3 is 0 Å². The highest BCUT2D eigenvalue weighted by atomic mass is 16.2. The molecule has 0 unspecified atom stereocenters. The first kappa shape index (κ1) is 64.7. The van der Waals surface area contributed by atoms with Crippen molar-refractivity contribution in [1.29, 1.82) is 0 Å². The molecule has 0 aromatic carbocycles. The molecule has 0 saturated heterocycles. The van der Waals surface area contributed by atoms with Crippen LogP contribution in [-0.4, -0.2) is 11.7 Å². The molecule has 0 bridgehead atoms. The first-order valence-corrected chi connectivity index (χ1v) is 16.7. The van der Waals surface area contributed by atoms with Crippen LogP contribution in [0.5, 0.6) is 0 Å². The van der Waals surface area contributed by atoms with Gasteiger partial charge in [-0.15, -0.1) is 0 Å². The van der Waals surface area contributed by atoms with E-state index in [1.807, 2.05) is 69.2 Å². The van der Waals surface area contributed by atoms with Crippen molar-refractivity contribution in [3.8, 4) is 0 Å². The minimum absolute atomic E-state index is 0.250. The molecule has 0 fully saturated rings. The Morgan fingerprint density at radius 1 is 0.257 bits per heavy atom. The van der Waals surface area contributed by atoms with E-state index in [2.05, 4.69) is 55.4 Å². The Balaban J connectivity index is -0.0000000262. The van der Waals surface area contributed by atoms with Crippen molar-refractivity contribution < 1.29 is 5.11 Å². The third-order valence-corrected chi connectivity index (χ3v) is 3.41. The second-order valence-corrected chi connectivity index (χ2v) is 6.44. The van der Waals surface area contributed by atoms with Crippen LogP contribution < -0.4 is 0 Å². The van der Waals surface area contributed by atoms with Gasteiger partial charge in [0.2, 0.25) is 0 Å². The van der Waals surface area contributed by atoms with Crippen LogP contribution in [0.15, 0.2) is 0 Å². The second kappa shape index (κ2) is 165. The molecule has 1 nitrogen and oxygen atoms in total. The number of rotatable bonds is 10. The fourth-order valence-corrected chi connectivity index (χ4v) is 1.35. The van der Waals surface area contributed by atoms with Gasteiger partial charge in [-0.2, -0.15) is 0 Å². The van der Waals surface area contributed by atoms with Gasteiger partial charge < -0.3 is 5.11 Å². The summed E-state index contributed by atoms with van der Waals surface area (Å²) in [5.41, 5.74) is 0. The lowest BCUT2D eigenvalue weighted by atomic mass is 10.1. The van der Waals surface area contributed by atoms with E-state index in [0.717, 1.165) is 0 Å². The first-order valence-electron chi connectivity index (χ1n) is 16.7. The van der Waals surface area contributed by atoms with Crippen LogP contribution in [-0.2, 0) is 0 Å². The standard InChI is InChI=1S/C8H18.C6H14.2C4H10.C2H6O.5C2H6/c1-3-5-7-8-6-4-2;1-3-5-6-4-2;2*1-3-4-2;1-2-3;5*1-2/h3-8H2,1-2H3;3-6H2,1-2H3;2*3-4H2,1-2H3;3H,2H2,1H3;5*1-2H3. The van der Waals surface area contributed by atoms with E-state index in [1.54, 1.807) is 6.92 Å². The number of hydrogen-bond acceptors (Lipinski definition) is 1. The maximum absolute atomic E-state index is 7.57. The molecule has 0 aliphatic heterocycles. The van der Waals surface area contributed by atoms with E-state index in [4.69, 9.17) is 5.11 Å². The number of aliphatic hydroxyl groups is 1. The summed E-state index contributed by atoms with van der Waals surface area (Å²) < 4.78 is 0.